The number of nitrogens with zero attached hydrogens (tertiary/aromatic N) is 1. The van der Waals surface area contributed by atoms with Crippen molar-refractivity contribution in [1.82, 2.24) is 0 Å². The molecule has 0 radical (unpaired) electrons. The molecule has 3 heteroatoms. The number of hydrogen-bond donors (Lipinski definition) is 0. The van der Waals surface area contributed by atoms with Crippen molar-refractivity contribution in [2.24, 2.45) is 0 Å². The van der Waals surface area contributed by atoms with Crippen LogP contribution in [0.2, 0.25) is 0 Å². The van der Waals surface area contributed by atoms with Crippen molar-refractivity contribution in [2.75, 3.05) is 7.11 Å². The number of methoxy groups -OCH3 is 1. The van der Waals surface area contributed by atoms with Crippen molar-refractivity contribution in [3.8, 4) is 6.07 Å². The Morgan fingerprint density at radius 1 is 1.62 bits per heavy atom. The zero-order valence-corrected chi connectivity index (χ0v) is 7.76. The highest BCUT2D eigenvalue weighted by molar-refractivity contribution is 5.86. The van der Waals surface area contributed by atoms with E-state index in [-0.39, 0.29) is 5.97 Å². The molecule has 0 fully saturated rings. The van der Waals surface area contributed by atoms with Crippen LogP contribution in [0.5, 0.6) is 0 Å². The Labute approximate surface area is 77.9 Å². The van der Waals surface area contributed by atoms with Gasteiger partial charge in [-0.3, -0.25) is 0 Å². The smallest absolute Gasteiger partial charge is 0.332 e. The third-order valence-corrected chi connectivity index (χ3v) is 0.773. The number of carbonyl (C=O) groups excluding carboxylic acids is 1. The van der Waals surface area contributed by atoms with Gasteiger partial charge in [-0.1, -0.05) is 18.0 Å². The first-order valence-corrected chi connectivity index (χ1v) is 3.32. The summed E-state index contributed by atoms with van der Waals surface area (Å²) in [7, 11) is 1.33. The molecule has 0 amide bonds. The number of carbonyl (C=O) groups is 1. The lowest BCUT2D eigenvalue weighted by Crippen LogP contribution is -1.98. The molecule has 0 N–H and O–H groups in total. The summed E-state index contributed by atoms with van der Waals surface area (Å²) in [6.07, 6.45) is 1.19. The highest BCUT2D eigenvalue weighted by Gasteiger charge is 1.95. The summed E-state index contributed by atoms with van der Waals surface area (Å²) >= 11 is 0. The fourth-order valence-corrected chi connectivity index (χ4v) is 0.258. The lowest BCUT2D eigenvalue weighted by molar-refractivity contribution is -0.136. The molecular formula is C10H11NO2. The quantitative estimate of drug-likeness (QED) is 0.265. The standard InChI is InChI=1S/C5H3N.C5H8O2/c1-2-3-4-5-6;1-4(2)5(6)7-3/h4H,1H2;1H2,2-3H3. The minimum Gasteiger partial charge on any atom is -0.466 e. The van der Waals surface area contributed by atoms with E-state index in [1.165, 1.54) is 13.2 Å². The predicted octanol–water partition coefficient (Wildman–Crippen LogP) is 1.74. The van der Waals surface area contributed by atoms with Gasteiger partial charge >= 0.3 is 5.97 Å². The maximum absolute atomic E-state index is 10.2. The van der Waals surface area contributed by atoms with Gasteiger partial charge in [0.2, 0.25) is 0 Å². The molecule has 0 aliphatic rings. The van der Waals surface area contributed by atoms with E-state index in [0.29, 0.717) is 5.57 Å². The number of nitriles is 1. The van der Waals surface area contributed by atoms with E-state index in [0.717, 1.165) is 0 Å². The van der Waals surface area contributed by atoms with Crippen LogP contribution in [0.3, 0.4) is 0 Å². The summed E-state index contributed by atoms with van der Waals surface area (Å²) in [5.41, 5.74) is 5.07. The van der Waals surface area contributed by atoms with Crippen molar-refractivity contribution in [1.29, 1.82) is 5.26 Å². The first-order valence-electron chi connectivity index (χ1n) is 3.32. The van der Waals surface area contributed by atoms with Gasteiger partial charge in [-0.05, 0) is 13.5 Å². The largest absolute Gasteiger partial charge is 0.466 e. The molecule has 0 aromatic rings. The summed E-state index contributed by atoms with van der Waals surface area (Å²) in [6.45, 7) is 8.13. The minimum atomic E-state index is -0.347. The molecule has 68 valence electrons. The monoisotopic (exact) mass is 177 g/mol. The van der Waals surface area contributed by atoms with Crippen molar-refractivity contribution < 1.29 is 9.53 Å². The molecule has 13 heavy (non-hydrogen) atoms. The van der Waals surface area contributed by atoms with E-state index in [9.17, 15) is 4.79 Å². The molecule has 0 unspecified atom stereocenters. The van der Waals surface area contributed by atoms with Gasteiger partial charge in [0.05, 0.1) is 13.2 Å². The van der Waals surface area contributed by atoms with Gasteiger partial charge in [0, 0.05) is 5.57 Å². The fraction of sp³-hybridized carbons (Fsp3) is 0.200. The SMILES string of the molecule is C=C(C)C(=O)OC.C=C=C=CC#N. The number of hydrogen-bond acceptors (Lipinski definition) is 3. The molecule has 0 saturated heterocycles. The molecule has 0 aliphatic carbocycles. The van der Waals surface area contributed by atoms with Gasteiger partial charge in [0.25, 0.3) is 0 Å². The Hall–Kier alpha value is -2.00. The van der Waals surface area contributed by atoms with Crippen molar-refractivity contribution in [3.05, 3.63) is 36.3 Å². The molecule has 0 spiro atoms. The highest BCUT2D eigenvalue weighted by atomic mass is 16.5. The van der Waals surface area contributed by atoms with Crippen LogP contribution in [-0.2, 0) is 9.53 Å². The predicted molar refractivity (Wildman–Crippen MR) is 49.7 cm³/mol. The zero-order valence-electron chi connectivity index (χ0n) is 7.76. The molecule has 0 rings (SSSR count). The van der Waals surface area contributed by atoms with Gasteiger partial charge in [-0.25, -0.2) is 4.79 Å². The molecule has 0 bridgehead atoms. The van der Waals surface area contributed by atoms with Crippen LogP contribution in [0.1, 0.15) is 6.92 Å². The second-order valence-electron chi connectivity index (χ2n) is 1.87. The number of allylic oxidation sites excluding steroid dienone is 1. The van der Waals surface area contributed by atoms with Crippen LogP contribution >= 0.6 is 0 Å². The maximum atomic E-state index is 10.2. The maximum Gasteiger partial charge on any atom is 0.332 e. The number of ether oxygens (including phenoxy) is 1. The average molecular weight is 177 g/mol. The first kappa shape index (κ1) is 13.6. The summed E-state index contributed by atoms with van der Waals surface area (Å²) in [5, 5.41) is 7.76. The van der Waals surface area contributed by atoms with E-state index in [4.69, 9.17) is 5.26 Å². The third kappa shape index (κ3) is 13.1. The molecule has 0 atom stereocenters. The van der Waals surface area contributed by atoms with E-state index in [1.807, 2.05) is 0 Å². The Kier molecular flexibility index (Phi) is 10.4. The fourth-order valence-electron chi connectivity index (χ4n) is 0.258. The molecule has 0 aliphatic heterocycles. The summed E-state index contributed by atoms with van der Waals surface area (Å²) in [6, 6.07) is 1.73. The lowest BCUT2D eigenvalue weighted by atomic mass is 10.4. The Morgan fingerprint density at radius 2 is 2.15 bits per heavy atom. The topological polar surface area (TPSA) is 50.1 Å². The second-order valence-corrected chi connectivity index (χ2v) is 1.87. The van der Waals surface area contributed by atoms with Crippen LogP contribution in [-0.4, -0.2) is 13.1 Å². The van der Waals surface area contributed by atoms with Gasteiger partial charge in [-0.15, -0.1) is 0 Å². The van der Waals surface area contributed by atoms with Crippen LogP contribution in [0.4, 0.5) is 0 Å². The molecule has 3 nitrogen and oxygen atoms in total. The van der Waals surface area contributed by atoms with Crippen molar-refractivity contribution in [3.63, 3.8) is 0 Å². The van der Waals surface area contributed by atoms with Crippen LogP contribution in [0.25, 0.3) is 0 Å². The molecular weight excluding hydrogens is 166 g/mol. The van der Waals surface area contributed by atoms with E-state index < -0.39 is 0 Å². The molecule has 0 heterocycles. The van der Waals surface area contributed by atoms with Crippen LogP contribution < -0.4 is 0 Å². The minimum absolute atomic E-state index is 0.347. The van der Waals surface area contributed by atoms with Crippen molar-refractivity contribution in [2.45, 2.75) is 6.92 Å². The molecule has 0 aromatic heterocycles. The zero-order chi connectivity index (χ0) is 10.7. The molecule has 0 aromatic carbocycles. The van der Waals surface area contributed by atoms with E-state index in [2.05, 4.69) is 29.4 Å². The van der Waals surface area contributed by atoms with Gasteiger partial charge in [0.1, 0.15) is 6.07 Å². The third-order valence-electron chi connectivity index (χ3n) is 0.773. The average Bonchev–Trinajstić information content (AvgIpc) is 2.14. The Bertz CT molecular complexity index is 297. The number of esters is 1. The van der Waals surface area contributed by atoms with Crippen molar-refractivity contribution >= 4 is 5.97 Å². The van der Waals surface area contributed by atoms with E-state index in [1.54, 1.807) is 13.0 Å². The van der Waals surface area contributed by atoms with Crippen LogP contribution in [0.15, 0.2) is 36.3 Å². The van der Waals surface area contributed by atoms with Gasteiger partial charge < -0.3 is 4.74 Å². The number of rotatable bonds is 1. The first-order chi connectivity index (χ1) is 6.09. The summed E-state index contributed by atoms with van der Waals surface area (Å²) in [5.74, 6) is -0.347. The second kappa shape index (κ2) is 10.0. The van der Waals surface area contributed by atoms with E-state index >= 15 is 0 Å². The summed E-state index contributed by atoms with van der Waals surface area (Å²) in [4.78, 5) is 10.2. The molecule has 0 saturated carbocycles. The Morgan fingerprint density at radius 3 is 2.23 bits per heavy atom. The van der Waals surface area contributed by atoms with Gasteiger partial charge in [0.15, 0.2) is 0 Å². The summed E-state index contributed by atoms with van der Waals surface area (Å²) < 4.78 is 4.27. The highest BCUT2D eigenvalue weighted by Crippen LogP contribution is 1.87. The normalized spacial score (nSPS) is 5.92. The lowest BCUT2D eigenvalue weighted by Gasteiger charge is -1.91. The van der Waals surface area contributed by atoms with Crippen LogP contribution in [0, 0.1) is 11.3 Å². The Balaban J connectivity index is 0. The van der Waals surface area contributed by atoms with Gasteiger partial charge in [-0.2, -0.15) is 5.26 Å².